The molecule has 0 bridgehead atoms. The predicted molar refractivity (Wildman–Crippen MR) is 78.5 cm³/mol. The van der Waals surface area contributed by atoms with Gasteiger partial charge in [0.05, 0.1) is 11.3 Å². The van der Waals surface area contributed by atoms with Gasteiger partial charge in [-0.1, -0.05) is 24.3 Å². The van der Waals surface area contributed by atoms with E-state index in [1.807, 2.05) is 19.1 Å². The second-order valence-corrected chi connectivity index (χ2v) is 5.18. The van der Waals surface area contributed by atoms with Gasteiger partial charge < -0.3 is 0 Å². The van der Waals surface area contributed by atoms with E-state index in [2.05, 4.69) is 6.58 Å². The SMILES string of the molecule is C=C1c2cc(C(F)(F)F)ccc2C(=O)N1c1ccc(C)cc1. The lowest BCUT2D eigenvalue weighted by atomic mass is 10.0. The van der Waals surface area contributed by atoms with Crippen LogP contribution in [0.2, 0.25) is 0 Å². The van der Waals surface area contributed by atoms with Gasteiger partial charge in [0.15, 0.2) is 0 Å². The Balaban J connectivity index is 2.07. The van der Waals surface area contributed by atoms with Crippen LogP contribution in [-0.2, 0) is 6.18 Å². The Hall–Kier alpha value is -2.56. The number of aryl methyl sites for hydroxylation is 1. The summed E-state index contributed by atoms with van der Waals surface area (Å²) in [6, 6.07) is 10.3. The van der Waals surface area contributed by atoms with Crippen LogP contribution in [0, 0.1) is 6.92 Å². The molecule has 0 saturated heterocycles. The number of benzene rings is 2. The number of carbonyl (C=O) groups is 1. The van der Waals surface area contributed by atoms with E-state index in [-0.39, 0.29) is 22.7 Å². The van der Waals surface area contributed by atoms with Crippen molar-refractivity contribution >= 4 is 17.3 Å². The fraction of sp³-hybridized carbons (Fsp3) is 0.118. The molecule has 0 unspecified atom stereocenters. The Kier molecular flexibility index (Phi) is 3.09. The molecule has 0 radical (unpaired) electrons. The van der Waals surface area contributed by atoms with Crippen LogP contribution in [0.1, 0.15) is 27.0 Å². The standard InChI is InChI=1S/C17H12F3NO/c1-10-3-6-13(7-4-10)21-11(2)15-9-12(17(18,19)20)5-8-14(15)16(21)22/h3-9H,2H2,1H3. The summed E-state index contributed by atoms with van der Waals surface area (Å²) in [6.45, 7) is 5.70. The van der Waals surface area contributed by atoms with Crippen molar-refractivity contribution < 1.29 is 18.0 Å². The maximum absolute atomic E-state index is 12.8. The molecule has 0 spiro atoms. The number of fused-ring (bicyclic) bond motifs is 1. The van der Waals surface area contributed by atoms with Crippen molar-refractivity contribution in [2.24, 2.45) is 0 Å². The summed E-state index contributed by atoms with van der Waals surface area (Å²) in [5.74, 6) is -0.363. The molecule has 2 nitrogen and oxygen atoms in total. The Bertz CT molecular complexity index is 775. The summed E-state index contributed by atoms with van der Waals surface area (Å²) >= 11 is 0. The van der Waals surface area contributed by atoms with Crippen molar-refractivity contribution in [1.82, 2.24) is 0 Å². The number of anilines is 1. The van der Waals surface area contributed by atoms with Crippen LogP contribution in [0.15, 0.2) is 49.0 Å². The van der Waals surface area contributed by atoms with Gasteiger partial charge in [-0.2, -0.15) is 13.2 Å². The summed E-state index contributed by atoms with van der Waals surface area (Å²) in [6.07, 6.45) is -4.45. The first kappa shape index (κ1) is 14.4. The number of hydrogen-bond donors (Lipinski definition) is 0. The van der Waals surface area contributed by atoms with E-state index in [1.165, 1.54) is 11.0 Å². The summed E-state index contributed by atoms with van der Waals surface area (Å²) in [4.78, 5) is 13.8. The topological polar surface area (TPSA) is 20.3 Å². The smallest absolute Gasteiger partial charge is 0.277 e. The molecule has 0 N–H and O–H groups in total. The fourth-order valence-corrected chi connectivity index (χ4v) is 2.48. The lowest BCUT2D eigenvalue weighted by Gasteiger charge is -2.17. The number of hydrogen-bond acceptors (Lipinski definition) is 1. The van der Waals surface area contributed by atoms with E-state index in [0.717, 1.165) is 17.7 Å². The highest BCUT2D eigenvalue weighted by Crippen LogP contribution is 2.39. The van der Waals surface area contributed by atoms with Gasteiger partial charge in [0, 0.05) is 16.8 Å². The van der Waals surface area contributed by atoms with Crippen molar-refractivity contribution in [3.05, 3.63) is 71.3 Å². The molecule has 0 atom stereocenters. The minimum atomic E-state index is -4.45. The van der Waals surface area contributed by atoms with Crippen LogP contribution in [0.4, 0.5) is 18.9 Å². The van der Waals surface area contributed by atoms with Crippen molar-refractivity contribution in [3.8, 4) is 0 Å². The van der Waals surface area contributed by atoms with E-state index in [1.54, 1.807) is 12.1 Å². The zero-order valence-corrected chi connectivity index (χ0v) is 11.7. The Labute approximate surface area is 125 Å². The summed E-state index contributed by atoms with van der Waals surface area (Å²) < 4.78 is 38.5. The highest BCUT2D eigenvalue weighted by molar-refractivity contribution is 6.22. The second-order valence-electron chi connectivity index (χ2n) is 5.18. The molecule has 0 saturated carbocycles. The van der Waals surface area contributed by atoms with Crippen molar-refractivity contribution in [2.45, 2.75) is 13.1 Å². The largest absolute Gasteiger partial charge is 0.416 e. The van der Waals surface area contributed by atoms with Gasteiger partial charge in [0.25, 0.3) is 5.91 Å². The van der Waals surface area contributed by atoms with Crippen LogP contribution in [-0.4, -0.2) is 5.91 Å². The lowest BCUT2D eigenvalue weighted by molar-refractivity contribution is -0.137. The molecule has 1 amide bonds. The third-order valence-corrected chi connectivity index (χ3v) is 3.65. The van der Waals surface area contributed by atoms with Crippen LogP contribution in [0.3, 0.4) is 0 Å². The molecular weight excluding hydrogens is 291 g/mol. The first-order valence-electron chi connectivity index (χ1n) is 6.60. The minimum Gasteiger partial charge on any atom is -0.277 e. The van der Waals surface area contributed by atoms with Crippen molar-refractivity contribution in [2.75, 3.05) is 4.90 Å². The Morgan fingerprint density at radius 2 is 1.64 bits per heavy atom. The first-order chi connectivity index (χ1) is 10.3. The van der Waals surface area contributed by atoms with Gasteiger partial charge in [-0.25, -0.2) is 0 Å². The average molecular weight is 303 g/mol. The molecule has 1 aliphatic heterocycles. The van der Waals surface area contributed by atoms with Gasteiger partial charge >= 0.3 is 6.18 Å². The summed E-state index contributed by atoms with van der Waals surface area (Å²) in [5, 5.41) is 0. The molecule has 5 heteroatoms. The molecule has 3 rings (SSSR count). The van der Waals surface area contributed by atoms with Gasteiger partial charge in [-0.15, -0.1) is 0 Å². The van der Waals surface area contributed by atoms with Crippen LogP contribution in [0.5, 0.6) is 0 Å². The van der Waals surface area contributed by atoms with Crippen LogP contribution < -0.4 is 4.90 Å². The van der Waals surface area contributed by atoms with E-state index >= 15 is 0 Å². The highest BCUT2D eigenvalue weighted by atomic mass is 19.4. The lowest BCUT2D eigenvalue weighted by Crippen LogP contribution is -2.21. The Morgan fingerprint density at radius 3 is 2.23 bits per heavy atom. The molecule has 0 aliphatic carbocycles. The zero-order chi connectivity index (χ0) is 16.1. The molecule has 0 fully saturated rings. The second kappa shape index (κ2) is 4.73. The molecule has 1 aliphatic rings. The molecule has 2 aromatic rings. The molecule has 112 valence electrons. The molecule has 22 heavy (non-hydrogen) atoms. The first-order valence-corrected chi connectivity index (χ1v) is 6.60. The number of carbonyl (C=O) groups excluding carboxylic acids is 1. The molecule has 2 aromatic carbocycles. The quantitative estimate of drug-likeness (QED) is 0.751. The molecule has 0 aromatic heterocycles. The Morgan fingerprint density at radius 1 is 1.00 bits per heavy atom. The molecule has 1 heterocycles. The number of halogens is 3. The monoisotopic (exact) mass is 303 g/mol. The predicted octanol–water partition coefficient (Wildman–Crippen LogP) is 4.64. The molecular formula is C17H12F3NO. The zero-order valence-electron chi connectivity index (χ0n) is 11.7. The minimum absolute atomic E-state index is 0.223. The van der Waals surface area contributed by atoms with Crippen molar-refractivity contribution in [1.29, 1.82) is 0 Å². The number of rotatable bonds is 1. The van der Waals surface area contributed by atoms with E-state index in [9.17, 15) is 18.0 Å². The maximum atomic E-state index is 12.8. The fourth-order valence-electron chi connectivity index (χ4n) is 2.48. The maximum Gasteiger partial charge on any atom is 0.416 e. The van der Waals surface area contributed by atoms with Crippen LogP contribution in [0.25, 0.3) is 5.70 Å². The third kappa shape index (κ3) is 2.19. The van der Waals surface area contributed by atoms with Gasteiger partial charge in [0.2, 0.25) is 0 Å². The number of amides is 1. The number of alkyl halides is 3. The van der Waals surface area contributed by atoms with Gasteiger partial charge in [-0.3, -0.25) is 9.69 Å². The summed E-state index contributed by atoms with van der Waals surface area (Å²) in [5.41, 5.74) is 1.54. The van der Waals surface area contributed by atoms with E-state index in [0.29, 0.717) is 5.69 Å². The highest BCUT2D eigenvalue weighted by Gasteiger charge is 2.36. The van der Waals surface area contributed by atoms with Crippen molar-refractivity contribution in [3.63, 3.8) is 0 Å². The summed E-state index contributed by atoms with van der Waals surface area (Å²) in [7, 11) is 0. The average Bonchev–Trinajstić information content (AvgIpc) is 2.71. The van der Waals surface area contributed by atoms with E-state index in [4.69, 9.17) is 0 Å². The van der Waals surface area contributed by atoms with Gasteiger partial charge in [-0.05, 0) is 37.3 Å². The third-order valence-electron chi connectivity index (χ3n) is 3.65. The number of nitrogens with zero attached hydrogens (tertiary/aromatic N) is 1. The van der Waals surface area contributed by atoms with Crippen LogP contribution >= 0.6 is 0 Å². The normalized spacial score (nSPS) is 14.5. The van der Waals surface area contributed by atoms with E-state index < -0.39 is 11.7 Å². The van der Waals surface area contributed by atoms with Gasteiger partial charge in [0.1, 0.15) is 0 Å².